The Balaban J connectivity index is 2.57. The van der Waals surface area contributed by atoms with Crippen LogP contribution in [0.25, 0.3) is 0 Å². The fourth-order valence-corrected chi connectivity index (χ4v) is 2.53. The van der Waals surface area contributed by atoms with Crippen LogP contribution in [0.15, 0.2) is 0 Å². The minimum Gasteiger partial charge on any atom is -0.481 e. The summed E-state index contributed by atoms with van der Waals surface area (Å²) in [6.07, 6.45) is 1.66. The van der Waals surface area contributed by atoms with Crippen LogP contribution in [0.4, 0.5) is 4.79 Å². The Morgan fingerprint density at radius 3 is 2.16 bits per heavy atom. The topological polar surface area (TPSA) is 75.6 Å². The second-order valence-corrected chi connectivity index (χ2v) is 6.89. The van der Waals surface area contributed by atoms with Crippen LogP contribution in [-0.2, 0) is 9.53 Å². The number of carbonyl (C=O) groups excluding carboxylic acids is 1. The lowest BCUT2D eigenvalue weighted by molar-refractivity contribution is -0.141. The van der Waals surface area contributed by atoms with E-state index < -0.39 is 23.2 Å². The van der Waals surface area contributed by atoms with Crippen molar-refractivity contribution in [3.63, 3.8) is 0 Å². The lowest BCUT2D eigenvalue weighted by Gasteiger charge is -2.33. The molecule has 5 heteroatoms. The lowest BCUT2D eigenvalue weighted by Crippen LogP contribution is -2.50. The predicted octanol–water partition coefficient (Wildman–Crippen LogP) is 2.79. The van der Waals surface area contributed by atoms with E-state index in [0.29, 0.717) is 12.8 Å². The third-order valence-electron chi connectivity index (χ3n) is 3.63. The zero-order chi connectivity index (χ0) is 14.8. The van der Waals surface area contributed by atoms with Gasteiger partial charge in [-0.2, -0.15) is 0 Å². The van der Waals surface area contributed by atoms with Crippen LogP contribution in [0.2, 0.25) is 0 Å². The highest BCUT2D eigenvalue weighted by atomic mass is 16.6. The molecule has 0 heterocycles. The van der Waals surface area contributed by atoms with Crippen LogP contribution < -0.4 is 5.32 Å². The molecule has 0 bridgehead atoms. The van der Waals surface area contributed by atoms with Crippen LogP contribution in [0, 0.1) is 11.8 Å². The first kappa shape index (κ1) is 15.8. The number of hydrogen-bond donors (Lipinski definition) is 2. The van der Waals surface area contributed by atoms with Crippen LogP contribution in [-0.4, -0.2) is 28.3 Å². The molecule has 0 unspecified atom stereocenters. The Morgan fingerprint density at radius 2 is 1.74 bits per heavy atom. The molecular weight excluding hydrogens is 246 g/mol. The third-order valence-corrected chi connectivity index (χ3v) is 3.63. The molecule has 0 aromatic carbocycles. The van der Waals surface area contributed by atoms with Crippen molar-refractivity contribution in [2.75, 3.05) is 0 Å². The maximum Gasteiger partial charge on any atom is 0.408 e. The van der Waals surface area contributed by atoms with Crippen LogP contribution in [0.1, 0.15) is 53.9 Å². The van der Waals surface area contributed by atoms with Crippen LogP contribution in [0.5, 0.6) is 0 Å². The molecule has 110 valence electrons. The standard InChI is InChI=1S/C14H25NO4/c1-13(2,3)19-12(18)15-14(4,5)10-7-6-9(8-10)11(16)17/h9-10H,6-8H2,1-5H3,(H,15,18)(H,16,17)/t9-,10+/m0/s1. The number of carbonyl (C=O) groups is 2. The quantitative estimate of drug-likeness (QED) is 0.827. The summed E-state index contributed by atoms with van der Waals surface area (Å²) in [7, 11) is 0. The molecule has 0 aromatic rings. The zero-order valence-electron chi connectivity index (χ0n) is 12.4. The molecule has 1 rings (SSSR count). The molecule has 0 radical (unpaired) electrons. The minimum atomic E-state index is -0.740. The number of nitrogens with one attached hydrogen (secondary N) is 1. The van der Waals surface area contributed by atoms with Gasteiger partial charge in [0.2, 0.25) is 0 Å². The third kappa shape index (κ3) is 4.73. The number of rotatable bonds is 3. The Labute approximate surface area is 114 Å². The van der Waals surface area contributed by atoms with Crippen molar-refractivity contribution in [3.8, 4) is 0 Å². The van der Waals surface area contributed by atoms with E-state index in [-0.39, 0.29) is 11.8 Å². The van der Waals surface area contributed by atoms with Gasteiger partial charge in [-0.25, -0.2) is 4.79 Å². The number of alkyl carbamates (subject to hydrolysis) is 1. The maximum absolute atomic E-state index is 11.8. The average molecular weight is 271 g/mol. The summed E-state index contributed by atoms with van der Waals surface area (Å²) in [5.74, 6) is -0.860. The van der Waals surface area contributed by atoms with Crippen molar-refractivity contribution in [2.45, 2.75) is 65.0 Å². The van der Waals surface area contributed by atoms with Gasteiger partial charge >= 0.3 is 12.1 Å². The molecule has 0 spiro atoms. The average Bonchev–Trinajstić information content (AvgIpc) is 2.61. The minimum absolute atomic E-state index is 0.168. The molecule has 0 aliphatic heterocycles. The number of carboxylic acids is 1. The fourth-order valence-electron chi connectivity index (χ4n) is 2.53. The van der Waals surface area contributed by atoms with E-state index in [9.17, 15) is 9.59 Å². The highest BCUT2D eigenvalue weighted by molar-refractivity contribution is 5.71. The summed E-state index contributed by atoms with van der Waals surface area (Å²) in [4.78, 5) is 22.8. The van der Waals surface area contributed by atoms with Gasteiger partial charge in [-0.15, -0.1) is 0 Å². The summed E-state index contributed by atoms with van der Waals surface area (Å²) in [6, 6.07) is 0. The van der Waals surface area contributed by atoms with Gasteiger partial charge in [0.1, 0.15) is 5.60 Å². The molecule has 1 aliphatic rings. The molecule has 5 nitrogen and oxygen atoms in total. The highest BCUT2D eigenvalue weighted by Gasteiger charge is 2.40. The van der Waals surface area contributed by atoms with Crippen molar-refractivity contribution in [2.24, 2.45) is 11.8 Å². The van der Waals surface area contributed by atoms with Gasteiger partial charge in [0.05, 0.1) is 5.92 Å². The molecule has 19 heavy (non-hydrogen) atoms. The van der Waals surface area contributed by atoms with Crippen molar-refractivity contribution in [1.29, 1.82) is 0 Å². The fraction of sp³-hybridized carbons (Fsp3) is 0.857. The molecule has 1 fully saturated rings. The van der Waals surface area contributed by atoms with Gasteiger partial charge in [-0.1, -0.05) is 0 Å². The molecule has 2 atom stereocenters. The summed E-state index contributed by atoms with van der Waals surface area (Å²) in [6.45, 7) is 9.29. The second-order valence-electron chi connectivity index (χ2n) is 6.89. The molecule has 1 aliphatic carbocycles. The normalized spacial score (nSPS) is 24.1. The second kappa shape index (κ2) is 5.39. The Bertz CT molecular complexity index is 357. The number of aliphatic carboxylic acids is 1. The molecule has 1 saturated carbocycles. The first-order valence-corrected chi connectivity index (χ1v) is 6.75. The first-order valence-electron chi connectivity index (χ1n) is 6.75. The van der Waals surface area contributed by atoms with Gasteiger partial charge in [-0.3, -0.25) is 4.79 Å². The van der Waals surface area contributed by atoms with Crippen molar-refractivity contribution >= 4 is 12.1 Å². The smallest absolute Gasteiger partial charge is 0.408 e. The van der Waals surface area contributed by atoms with Crippen LogP contribution >= 0.6 is 0 Å². The van der Waals surface area contributed by atoms with Gasteiger partial charge < -0.3 is 15.2 Å². The van der Waals surface area contributed by atoms with Crippen molar-refractivity contribution in [1.82, 2.24) is 5.32 Å². The molecule has 1 amide bonds. The summed E-state index contributed by atoms with van der Waals surface area (Å²) in [5.41, 5.74) is -0.980. The molecular formula is C14H25NO4. The summed E-state index contributed by atoms with van der Waals surface area (Å²) < 4.78 is 5.24. The van der Waals surface area contributed by atoms with E-state index >= 15 is 0 Å². The largest absolute Gasteiger partial charge is 0.481 e. The van der Waals surface area contributed by atoms with Gasteiger partial charge in [0.25, 0.3) is 0 Å². The Kier molecular flexibility index (Phi) is 4.48. The van der Waals surface area contributed by atoms with Crippen LogP contribution in [0.3, 0.4) is 0 Å². The Morgan fingerprint density at radius 1 is 1.16 bits per heavy atom. The van der Waals surface area contributed by atoms with Gasteiger partial charge in [0, 0.05) is 5.54 Å². The zero-order valence-corrected chi connectivity index (χ0v) is 12.4. The lowest BCUT2D eigenvalue weighted by atomic mass is 9.85. The summed E-state index contributed by atoms with van der Waals surface area (Å²) in [5, 5.41) is 11.9. The van der Waals surface area contributed by atoms with E-state index in [2.05, 4.69) is 5.32 Å². The first-order chi connectivity index (χ1) is 8.51. The summed E-state index contributed by atoms with van der Waals surface area (Å²) >= 11 is 0. The Hall–Kier alpha value is -1.26. The van der Waals surface area contributed by atoms with Gasteiger partial charge in [-0.05, 0) is 59.8 Å². The van der Waals surface area contributed by atoms with E-state index in [0.717, 1.165) is 6.42 Å². The molecule has 2 N–H and O–H groups in total. The molecule has 0 saturated heterocycles. The van der Waals surface area contributed by atoms with E-state index in [1.54, 1.807) is 0 Å². The predicted molar refractivity (Wildman–Crippen MR) is 71.9 cm³/mol. The number of hydrogen-bond acceptors (Lipinski definition) is 3. The number of carboxylic acid groups (broad SMARTS) is 1. The van der Waals surface area contributed by atoms with E-state index in [1.807, 2.05) is 34.6 Å². The van der Waals surface area contributed by atoms with Crippen molar-refractivity contribution < 1.29 is 19.4 Å². The molecule has 0 aromatic heterocycles. The maximum atomic E-state index is 11.8. The SMILES string of the molecule is CC(C)(C)OC(=O)NC(C)(C)[C@@H]1CC[C@H](C(=O)O)C1. The van der Waals surface area contributed by atoms with Gasteiger partial charge in [0.15, 0.2) is 0 Å². The number of ether oxygens (including phenoxy) is 1. The monoisotopic (exact) mass is 271 g/mol. The van der Waals surface area contributed by atoms with E-state index in [1.165, 1.54) is 0 Å². The van der Waals surface area contributed by atoms with E-state index in [4.69, 9.17) is 9.84 Å². The highest BCUT2D eigenvalue weighted by Crippen LogP contribution is 2.37. The van der Waals surface area contributed by atoms with Crippen molar-refractivity contribution in [3.05, 3.63) is 0 Å². The number of amides is 1.